The quantitative estimate of drug-likeness (QED) is 0.656. The average Bonchev–Trinajstić information content (AvgIpc) is 2.80. The Morgan fingerprint density at radius 2 is 1.90 bits per heavy atom. The van der Waals surface area contributed by atoms with Crippen molar-refractivity contribution in [3.8, 4) is 0 Å². The highest BCUT2D eigenvalue weighted by atomic mass is 35.5. The fourth-order valence-electron chi connectivity index (χ4n) is 2.18. The number of hydrogen-bond donors (Lipinski definition) is 2. The Bertz CT molecular complexity index is 563. The first kappa shape index (κ1) is 15.3. The molecule has 1 aromatic carbocycles. The van der Waals surface area contributed by atoms with Gasteiger partial charge in [0.15, 0.2) is 0 Å². The van der Waals surface area contributed by atoms with Gasteiger partial charge in [0.1, 0.15) is 0 Å². The van der Waals surface area contributed by atoms with E-state index in [1.54, 1.807) is 6.20 Å². The van der Waals surface area contributed by atoms with Gasteiger partial charge < -0.3 is 0 Å². The van der Waals surface area contributed by atoms with E-state index < -0.39 is 0 Å². The Kier molecular flexibility index (Phi) is 5.05. The lowest BCUT2D eigenvalue weighted by Gasteiger charge is -2.20. The van der Waals surface area contributed by atoms with Gasteiger partial charge >= 0.3 is 0 Å². The van der Waals surface area contributed by atoms with E-state index in [9.17, 15) is 0 Å². The maximum atomic E-state index is 6.25. The van der Waals surface area contributed by atoms with Crippen LogP contribution in [0.1, 0.15) is 37.2 Å². The molecule has 20 heavy (non-hydrogen) atoms. The van der Waals surface area contributed by atoms with Crippen molar-refractivity contribution in [3.05, 3.63) is 51.8 Å². The standard InChI is InChI=1S/C14H18Cl2N4/c1-9(2)20-14(12(16)8-18-20)13(19-17)7-10-3-5-11(15)6-4-10/h3-6,8-9,13,19H,7,17H2,1-2H3. The Morgan fingerprint density at radius 1 is 1.25 bits per heavy atom. The number of halogens is 2. The first-order valence-electron chi connectivity index (χ1n) is 6.46. The molecule has 1 atom stereocenters. The average molecular weight is 313 g/mol. The van der Waals surface area contributed by atoms with Crippen LogP contribution in [-0.4, -0.2) is 9.78 Å². The molecule has 0 bridgehead atoms. The van der Waals surface area contributed by atoms with Crippen LogP contribution in [0.15, 0.2) is 30.5 Å². The lowest BCUT2D eigenvalue weighted by molar-refractivity contribution is 0.448. The van der Waals surface area contributed by atoms with Gasteiger partial charge in [0.2, 0.25) is 0 Å². The number of nitrogens with two attached hydrogens (primary N) is 1. The van der Waals surface area contributed by atoms with Crippen LogP contribution in [0.4, 0.5) is 0 Å². The highest BCUT2D eigenvalue weighted by molar-refractivity contribution is 6.31. The van der Waals surface area contributed by atoms with Gasteiger partial charge in [-0.3, -0.25) is 16.0 Å². The van der Waals surface area contributed by atoms with Crippen molar-refractivity contribution in [3.63, 3.8) is 0 Å². The van der Waals surface area contributed by atoms with Crippen LogP contribution >= 0.6 is 23.2 Å². The van der Waals surface area contributed by atoms with E-state index in [2.05, 4.69) is 24.4 Å². The zero-order chi connectivity index (χ0) is 14.7. The molecule has 1 heterocycles. The highest BCUT2D eigenvalue weighted by Crippen LogP contribution is 2.27. The molecule has 0 radical (unpaired) electrons. The zero-order valence-corrected chi connectivity index (χ0v) is 13.0. The van der Waals surface area contributed by atoms with Gasteiger partial charge in [-0.25, -0.2) is 0 Å². The topological polar surface area (TPSA) is 55.9 Å². The number of hydrogen-bond acceptors (Lipinski definition) is 3. The summed E-state index contributed by atoms with van der Waals surface area (Å²) in [5, 5.41) is 5.65. The molecular formula is C14H18Cl2N4. The van der Waals surface area contributed by atoms with Crippen LogP contribution < -0.4 is 11.3 Å². The Hall–Kier alpha value is -1.07. The molecule has 4 nitrogen and oxygen atoms in total. The van der Waals surface area contributed by atoms with E-state index >= 15 is 0 Å². The maximum Gasteiger partial charge on any atom is 0.0834 e. The van der Waals surface area contributed by atoms with Gasteiger partial charge in [-0.2, -0.15) is 5.10 Å². The maximum absolute atomic E-state index is 6.25. The SMILES string of the molecule is CC(C)n1ncc(Cl)c1C(Cc1ccc(Cl)cc1)NN. The molecule has 0 amide bonds. The smallest absolute Gasteiger partial charge is 0.0834 e. The molecule has 2 aromatic rings. The molecule has 108 valence electrons. The molecule has 0 spiro atoms. The minimum Gasteiger partial charge on any atom is -0.271 e. The second-order valence-corrected chi connectivity index (χ2v) is 5.81. The van der Waals surface area contributed by atoms with E-state index in [1.807, 2.05) is 28.9 Å². The zero-order valence-electron chi connectivity index (χ0n) is 11.5. The molecule has 1 unspecified atom stereocenters. The second-order valence-electron chi connectivity index (χ2n) is 4.97. The number of hydrazine groups is 1. The Balaban J connectivity index is 2.28. The van der Waals surface area contributed by atoms with Crippen LogP contribution in [0.2, 0.25) is 10.0 Å². The van der Waals surface area contributed by atoms with Gasteiger partial charge in [-0.15, -0.1) is 0 Å². The Labute approximate surface area is 128 Å². The fraction of sp³-hybridized carbons (Fsp3) is 0.357. The lowest BCUT2D eigenvalue weighted by atomic mass is 10.0. The van der Waals surface area contributed by atoms with Gasteiger partial charge in [0.05, 0.1) is 23.0 Å². The number of aromatic nitrogens is 2. The summed E-state index contributed by atoms with van der Waals surface area (Å²) in [4.78, 5) is 0. The van der Waals surface area contributed by atoms with Crippen molar-refractivity contribution in [2.45, 2.75) is 32.4 Å². The molecular weight excluding hydrogens is 295 g/mol. The summed E-state index contributed by atoms with van der Waals surface area (Å²) >= 11 is 12.2. The van der Waals surface area contributed by atoms with Crippen molar-refractivity contribution in [1.29, 1.82) is 0 Å². The van der Waals surface area contributed by atoms with Crippen molar-refractivity contribution >= 4 is 23.2 Å². The van der Waals surface area contributed by atoms with Crippen molar-refractivity contribution in [1.82, 2.24) is 15.2 Å². The summed E-state index contributed by atoms with van der Waals surface area (Å²) in [5.41, 5.74) is 4.86. The molecule has 0 saturated heterocycles. The van der Waals surface area contributed by atoms with E-state index in [4.69, 9.17) is 29.0 Å². The summed E-state index contributed by atoms with van der Waals surface area (Å²) in [6.07, 6.45) is 2.37. The van der Waals surface area contributed by atoms with E-state index in [0.29, 0.717) is 11.4 Å². The number of nitrogens with zero attached hydrogens (tertiary/aromatic N) is 2. The molecule has 0 aliphatic heterocycles. The molecule has 0 aliphatic carbocycles. The van der Waals surface area contributed by atoms with Gasteiger partial charge in [-0.1, -0.05) is 35.3 Å². The monoisotopic (exact) mass is 312 g/mol. The third-order valence-corrected chi connectivity index (χ3v) is 3.70. The lowest BCUT2D eigenvalue weighted by Crippen LogP contribution is -2.32. The van der Waals surface area contributed by atoms with Crippen LogP contribution in [0, 0.1) is 0 Å². The molecule has 0 saturated carbocycles. The van der Waals surface area contributed by atoms with Gasteiger partial charge in [0.25, 0.3) is 0 Å². The van der Waals surface area contributed by atoms with Crippen LogP contribution in [-0.2, 0) is 6.42 Å². The van der Waals surface area contributed by atoms with E-state index in [1.165, 1.54) is 0 Å². The predicted octanol–water partition coefficient (Wildman–Crippen LogP) is 3.52. The third kappa shape index (κ3) is 3.33. The van der Waals surface area contributed by atoms with Crippen molar-refractivity contribution in [2.24, 2.45) is 5.84 Å². The molecule has 2 rings (SSSR count). The van der Waals surface area contributed by atoms with Gasteiger partial charge in [-0.05, 0) is 38.0 Å². The third-order valence-electron chi connectivity index (χ3n) is 3.16. The van der Waals surface area contributed by atoms with E-state index in [-0.39, 0.29) is 12.1 Å². The van der Waals surface area contributed by atoms with Crippen molar-refractivity contribution < 1.29 is 0 Å². The van der Waals surface area contributed by atoms with Crippen LogP contribution in [0.25, 0.3) is 0 Å². The first-order chi connectivity index (χ1) is 9.52. The fourth-order valence-corrected chi connectivity index (χ4v) is 2.57. The van der Waals surface area contributed by atoms with Crippen molar-refractivity contribution in [2.75, 3.05) is 0 Å². The summed E-state index contributed by atoms with van der Waals surface area (Å²) in [6.45, 7) is 4.12. The summed E-state index contributed by atoms with van der Waals surface area (Å²) < 4.78 is 1.89. The highest BCUT2D eigenvalue weighted by Gasteiger charge is 2.21. The number of nitrogens with one attached hydrogen (secondary N) is 1. The summed E-state index contributed by atoms with van der Waals surface area (Å²) in [7, 11) is 0. The molecule has 6 heteroatoms. The normalized spacial score (nSPS) is 12.9. The van der Waals surface area contributed by atoms with Gasteiger partial charge in [0, 0.05) is 11.1 Å². The summed E-state index contributed by atoms with van der Waals surface area (Å²) in [6, 6.07) is 7.82. The molecule has 0 fully saturated rings. The Morgan fingerprint density at radius 3 is 2.45 bits per heavy atom. The summed E-state index contributed by atoms with van der Waals surface area (Å²) in [5.74, 6) is 5.70. The first-order valence-corrected chi connectivity index (χ1v) is 7.22. The minimum absolute atomic E-state index is 0.103. The predicted molar refractivity (Wildman–Crippen MR) is 82.8 cm³/mol. The number of benzene rings is 1. The number of rotatable bonds is 5. The van der Waals surface area contributed by atoms with E-state index in [0.717, 1.165) is 16.3 Å². The minimum atomic E-state index is -0.103. The molecule has 0 aliphatic rings. The largest absolute Gasteiger partial charge is 0.271 e. The second kappa shape index (κ2) is 6.59. The van der Waals surface area contributed by atoms with Crippen LogP contribution in [0.5, 0.6) is 0 Å². The van der Waals surface area contributed by atoms with Crippen LogP contribution in [0.3, 0.4) is 0 Å². The molecule has 3 N–H and O–H groups in total. The molecule has 1 aromatic heterocycles.